The van der Waals surface area contributed by atoms with E-state index in [-0.39, 0.29) is 11.7 Å². The van der Waals surface area contributed by atoms with Crippen LogP contribution in [0.4, 0.5) is 0 Å². The van der Waals surface area contributed by atoms with E-state index >= 15 is 0 Å². The van der Waals surface area contributed by atoms with E-state index in [0.717, 1.165) is 18.4 Å². The van der Waals surface area contributed by atoms with Crippen molar-refractivity contribution in [2.75, 3.05) is 13.1 Å². The number of nitrogens with two attached hydrogens (primary N) is 1. The second kappa shape index (κ2) is 7.71. The third-order valence-electron chi connectivity index (χ3n) is 2.94. The molecule has 1 atom stereocenters. The first-order valence-electron chi connectivity index (χ1n) is 6.36. The third kappa shape index (κ3) is 5.68. The van der Waals surface area contributed by atoms with Gasteiger partial charge in [0.05, 0.1) is 0 Å². The quantitative estimate of drug-likeness (QED) is 0.685. The van der Waals surface area contributed by atoms with Crippen molar-refractivity contribution in [2.24, 2.45) is 11.7 Å². The number of aromatic hydroxyl groups is 1. The zero-order valence-electron chi connectivity index (χ0n) is 10.9. The molecule has 0 saturated carbocycles. The monoisotopic (exact) mass is 250 g/mol. The highest BCUT2D eigenvalue weighted by molar-refractivity contribution is 5.75. The SMILES string of the molecule is CC(CN)CCC(=O)NCCc1ccc(O)cc1. The van der Waals surface area contributed by atoms with Gasteiger partial charge in [-0.25, -0.2) is 0 Å². The van der Waals surface area contributed by atoms with Crippen molar-refractivity contribution in [1.29, 1.82) is 0 Å². The van der Waals surface area contributed by atoms with Crippen molar-refractivity contribution < 1.29 is 9.90 Å². The zero-order chi connectivity index (χ0) is 13.4. The molecule has 0 radical (unpaired) electrons. The van der Waals surface area contributed by atoms with Crippen LogP contribution in [0.3, 0.4) is 0 Å². The molecule has 4 N–H and O–H groups in total. The lowest BCUT2D eigenvalue weighted by molar-refractivity contribution is -0.121. The van der Waals surface area contributed by atoms with Gasteiger partial charge in [-0.2, -0.15) is 0 Å². The van der Waals surface area contributed by atoms with Gasteiger partial charge in [0.15, 0.2) is 0 Å². The van der Waals surface area contributed by atoms with Crippen LogP contribution in [0.15, 0.2) is 24.3 Å². The summed E-state index contributed by atoms with van der Waals surface area (Å²) in [6.07, 6.45) is 2.15. The topological polar surface area (TPSA) is 75.4 Å². The number of carbonyl (C=O) groups excluding carboxylic acids is 1. The standard InChI is InChI=1S/C14H22N2O2/c1-11(10-15)2-7-14(18)16-9-8-12-3-5-13(17)6-4-12/h3-6,11,17H,2,7-10,15H2,1H3,(H,16,18). The molecular weight excluding hydrogens is 228 g/mol. The predicted molar refractivity (Wildman–Crippen MR) is 72.3 cm³/mol. The van der Waals surface area contributed by atoms with E-state index < -0.39 is 0 Å². The molecule has 1 rings (SSSR count). The van der Waals surface area contributed by atoms with Gasteiger partial charge in [0, 0.05) is 13.0 Å². The van der Waals surface area contributed by atoms with Crippen molar-refractivity contribution in [3.8, 4) is 5.75 Å². The Morgan fingerprint density at radius 1 is 1.39 bits per heavy atom. The average molecular weight is 250 g/mol. The molecule has 0 aliphatic heterocycles. The van der Waals surface area contributed by atoms with E-state index in [2.05, 4.69) is 5.32 Å². The van der Waals surface area contributed by atoms with Gasteiger partial charge < -0.3 is 16.2 Å². The second-order valence-corrected chi connectivity index (χ2v) is 4.65. The average Bonchev–Trinajstić information content (AvgIpc) is 2.38. The van der Waals surface area contributed by atoms with Crippen molar-refractivity contribution in [2.45, 2.75) is 26.2 Å². The van der Waals surface area contributed by atoms with E-state index in [1.165, 1.54) is 0 Å². The summed E-state index contributed by atoms with van der Waals surface area (Å²) in [5, 5.41) is 12.0. The Kier molecular flexibility index (Phi) is 6.22. The van der Waals surface area contributed by atoms with Gasteiger partial charge in [0.25, 0.3) is 0 Å². The number of nitrogens with one attached hydrogen (secondary N) is 1. The largest absolute Gasteiger partial charge is 0.508 e. The summed E-state index contributed by atoms with van der Waals surface area (Å²) in [5.41, 5.74) is 6.59. The zero-order valence-corrected chi connectivity index (χ0v) is 10.9. The maximum absolute atomic E-state index is 11.5. The molecule has 0 bridgehead atoms. The number of benzene rings is 1. The second-order valence-electron chi connectivity index (χ2n) is 4.65. The Balaban J connectivity index is 2.17. The highest BCUT2D eigenvalue weighted by atomic mass is 16.3. The molecule has 0 heterocycles. The van der Waals surface area contributed by atoms with Crippen molar-refractivity contribution >= 4 is 5.91 Å². The smallest absolute Gasteiger partial charge is 0.220 e. The van der Waals surface area contributed by atoms with Crippen LogP contribution in [0, 0.1) is 5.92 Å². The molecule has 0 spiro atoms. The number of carbonyl (C=O) groups is 1. The van der Waals surface area contributed by atoms with Crippen LogP contribution >= 0.6 is 0 Å². The lowest BCUT2D eigenvalue weighted by Crippen LogP contribution is -2.26. The normalized spacial score (nSPS) is 12.1. The molecule has 1 aromatic carbocycles. The number of phenols is 1. The highest BCUT2D eigenvalue weighted by Gasteiger charge is 2.04. The van der Waals surface area contributed by atoms with E-state index in [1.54, 1.807) is 12.1 Å². The molecule has 1 unspecified atom stereocenters. The van der Waals surface area contributed by atoms with Crippen LogP contribution in [0.1, 0.15) is 25.3 Å². The van der Waals surface area contributed by atoms with E-state index in [9.17, 15) is 4.79 Å². The Bertz CT molecular complexity index is 363. The molecule has 0 saturated heterocycles. The Morgan fingerprint density at radius 3 is 2.67 bits per heavy atom. The molecule has 1 aromatic rings. The van der Waals surface area contributed by atoms with Gasteiger partial charge in [-0.3, -0.25) is 4.79 Å². The molecule has 0 fully saturated rings. The Hall–Kier alpha value is -1.55. The first-order valence-corrected chi connectivity index (χ1v) is 6.36. The highest BCUT2D eigenvalue weighted by Crippen LogP contribution is 2.09. The minimum absolute atomic E-state index is 0.0779. The fourth-order valence-corrected chi connectivity index (χ4v) is 1.59. The maximum atomic E-state index is 11.5. The van der Waals surface area contributed by atoms with E-state index in [1.807, 2.05) is 19.1 Å². The summed E-state index contributed by atoms with van der Waals surface area (Å²) in [4.78, 5) is 11.5. The summed E-state index contributed by atoms with van der Waals surface area (Å²) in [6.45, 7) is 3.30. The molecule has 0 aliphatic carbocycles. The number of rotatable bonds is 7. The summed E-state index contributed by atoms with van der Waals surface area (Å²) in [6, 6.07) is 7.02. The van der Waals surface area contributed by atoms with Crippen LogP contribution in [-0.4, -0.2) is 24.1 Å². The van der Waals surface area contributed by atoms with Crippen molar-refractivity contribution in [3.63, 3.8) is 0 Å². The fourth-order valence-electron chi connectivity index (χ4n) is 1.59. The molecular formula is C14H22N2O2. The minimum Gasteiger partial charge on any atom is -0.508 e. The van der Waals surface area contributed by atoms with Gasteiger partial charge in [0.2, 0.25) is 5.91 Å². The first kappa shape index (κ1) is 14.5. The predicted octanol–water partition coefficient (Wildman–Crippen LogP) is 1.43. The van der Waals surface area contributed by atoms with E-state index in [4.69, 9.17) is 10.8 Å². The molecule has 100 valence electrons. The van der Waals surface area contributed by atoms with Crippen LogP contribution < -0.4 is 11.1 Å². The molecule has 4 nitrogen and oxygen atoms in total. The van der Waals surface area contributed by atoms with Gasteiger partial charge in [-0.15, -0.1) is 0 Å². The number of hydrogen-bond donors (Lipinski definition) is 3. The molecule has 1 amide bonds. The van der Waals surface area contributed by atoms with Gasteiger partial charge >= 0.3 is 0 Å². The van der Waals surface area contributed by atoms with Crippen LogP contribution in [0.25, 0.3) is 0 Å². The number of phenolic OH excluding ortho intramolecular Hbond substituents is 1. The van der Waals surface area contributed by atoms with E-state index in [0.29, 0.717) is 25.4 Å². The maximum Gasteiger partial charge on any atom is 0.220 e. The summed E-state index contributed by atoms with van der Waals surface area (Å²) < 4.78 is 0. The number of hydrogen-bond acceptors (Lipinski definition) is 3. The molecule has 4 heteroatoms. The Labute approximate surface area is 108 Å². The molecule has 18 heavy (non-hydrogen) atoms. The number of amides is 1. The lowest BCUT2D eigenvalue weighted by Gasteiger charge is -2.08. The van der Waals surface area contributed by atoms with Gasteiger partial charge in [0.1, 0.15) is 5.75 Å². The Morgan fingerprint density at radius 2 is 2.06 bits per heavy atom. The fraction of sp³-hybridized carbons (Fsp3) is 0.500. The van der Waals surface area contributed by atoms with Crippen molar-refractivity contribution in [3.05, 3.63) is 29.8 Å². The summed E-state index contributed by atoms with van der Waals surface area (Å²) in [5.74, 6) is 0.737. The van der Waals surface area contributed by atoms with Crippen LogP contribution in [-0.2, 0) is 11.2 Å². The summed E-state index contributed by atoms with van der Waals surface area (Å²) in [7, 11) is 0. The summed E-state index contributed by atoms with van der Waals surface area (Å²) >= 11 is 0. The van der Waals surface area contributed by atoms with Crippen molar-refractivity contribution in [1.82, 2.24) is 5.32 Å². The van der Waals surface area contributed by atoms with Crippen LogP contribution in [0.5, 0.6) is 5.75 Å². The third-order valence-corrected chi connectivity index (χ3v) is 2.94. The van der Waals surface area contributed by atoms with Gasteiger partial charge in [-0.1, -0.05) is 19.1 Å². The van der Waals surface area contributed by atoms with Crippen LogP contribution in [0.2, 0.25) is 0 Å². The lowest BCUT2D eigenvalue weighted by atomic mass is 10.1. The van der Waals surface area contributed by atoms with Gasteiger partial charge in [-0.05, 0) is 43.0 Å². The first-order chi connectivity index (χ1) is 8.61. The molecule has 0 aromatic heterocycles. The molecule has 0 aliphatic rings. The minimum atomic E-state index is 0.0779.